The molecule has 2 aromatic rings. The highest BCUT2D eigenvalue weighted by Crippen LogP contribution is 2.41. The van der Waals surface area contributed by atoms with E-state index < -0.39 is 0 Å². The first-order chi connectivity index (χ1) is 10.1. The van der Waals surface area contributed by atoms with Gasteiger partial charge < -0.3 is 17.2 Å². The summed E-state index contributed by atoms with van der Waals surface area (Å²) in [7, 11) is 0. The number of rotatable bonds is 2. The summed E-state index contributed by atoms with van der Waals surface area (Å²) in [5.74, 6) is 1.37. The predicted octanol–water partition coefficient (Wildman–Crippen LogP) is 2.94. The van der Waals surface area contributed by atoms with Crippen LogP contribution in [0.25, 0.3) is 11.3 Å². The zero-order chi connectivity index (χ0) is 14.8. The lowest BCUT2D eigenvalue weighted by Gasteiger charge is -2.25. The van der Waals surface area contributed by atoms with Gasteiger partial charge in [0.15, 0.2) is 0 Å². The summed E-state index contributed by atoms with van der Waals surface area (Å²) >= 11 is 0. The van der Waals surface area contributed by atoms with Gasteiger partial charge in [0.25, 0.3) is 0 Å². The fourth-order valence-electron chi connectivity index (χ4n) is 3.23. The molecular formula is C16H21N5. The molecule has 0 amide bonds. The summed E-state index contributed by atoms with van der Waals surface area (Å²) in [4.78, 5) is 8.57. The van der Waals surface area contributed by atoms with Crippen molar-refractivity contribution in [1.82, 2.24) is 9.97 Å². The molecule has 5 heteroatoms. The van der Waals surface area contributed by atoms with Gasteiger partial charge in [-0.25, -0.2) is 9.97 Å². The highest BCUT2D eigenvalue weighted by atomic mass is 14.9. The molecule has 2 heterocycles. The second-order valence-electron chi connectivity index (χ2n) is 5.70. The van der Waals surface area contributed by atoms with E-state index in [-0.39, 0.29) is 0 Å². The van der Waals surface area contributed by atoms with E-state index in [1.807, 2.05) is 12.1 Å². The molecule has 0 unspecified atom stereocenters. The van der Waals surface area contributed by atoms with Gasteiger partial charge in [-0.1, -0.05) is 19.3 Å². The molecule has 1 aliphatic carbocycles. The first-order valence-corrected chi connectivity index (χ1v) is 7.43. The molecule has 21 heavy (non-hydrogen) atoms. The lowest BCUT2D eigenvalue weighted by Crippen LogP contribution is -2.11. The lowest BCUT2D eigenvalue weighted by atomic mass is 9.81. The number of nitrogens with zero attached hydrogens (tertiary/aromatic N) is 2. The summed E-state index contributed by atoms with van der Waals surface area (Å²) in [6.07, 6.45) is 7.79. The number of hydrogen-bond donors (Lipinski definition) is 3. The average Bonchev–Trinajstić information content (AvgIpc) is 2.47. The minimum Gasteiger partial charge on any atom is -0.398 e. The van der Waals surface area contributed by atoms with Gasteiger partial charge in [0, 0.05) is 29.1 Å². The summed E-state index contributed by atoms with van der Waals surface area (Å²) in [5.41, 5.74) is 21.6. The fourth-order valence-corrected chi connectivity index (χ4v) is 3.23. The van der Waals surface area contributed by atoms with E-state index in [9.17, 15) is 0 Å². The molecule has 0 atom stereocenters. The maximum Gasteiger partial charge on any atom is 0.126 e. The maximum atomic E-state index is 6.26. The Morgan fingerprint density at radius 1 is 0.952 bits per heavy atom. The summed E-state index contributed by atoms with van der Waals surface area (Å²) in [5, 5.41) is 0. The Labute approximate surface area is 124 Å². The van der Waals surface area contributed by atoms with Gasteiger partial charge in [-0.2, -0.15) is 0 Å². The summed E-state index contributed by atoms with van der Waals surface area (Å²) in [6.45, 7) is 0. The van der Waals surface area contributed by atoms with Gasteiger partial charge in [0.2, 0.25) is 0 Å². The van der Waals surface area contributed by atoms with Crippen LogP contribution in [-0.2, 0) is 0 Å². The van der Waals surface area contributed by atoms with Crippen molar-refractivity contribution >= 4 is 17.3 Å². The topological polar surface area (TPSA) is 104 Å². The van der Waals surface area contributed by atoms with Gasteiger partial charge in [-0.05, 0) is 30.9 Å². The second kappa shape index (κ2) is 5.60. The molecule has 0 aliphatic heterocycles. The summed E-state index contributed by atoms with van der Waals surface area (Å²) in [6, 6.07) is 5.50. The molecular weight excluding hydrogens is 262 g/mol. The van der Waals surface area contributed by atoms with Crippen LogP contribution in [0.5, 0.6) is 0 Å². The van der Waals surface area contributed by atoms with Gasteiger partial charge >= 0.3 is 0 Å². The number of anilines is 3. The average molecular weight is 283 g/mol. The van der Waals surface area contributed by atoms with Crippen LogP contribution >= 0.6 is 0 Å². The van der Waals surface area contributed by atoms with Crippen LogP contribution in [0.2, 0.25) is 0 Å². The van der Waals surface area contributed by atoms with Gasteiger partial charge in [0.05, 0.1) is 5.69 Å². The standard InChI is InChI=1S/C16H21N5/c17-12-9-14(19)21-16(11-6-7-20-13(18)8-11)15(12)10-4-2-1-3-5-10/h6-10H,1-5H2,(H2,18,20)(H4,17,19,21). The molecule has 0 spiro atoms. The third kappa shape index (κ3) is 2.77. The van der Waals surface area contributed by atoms with E-state index >= 15 is 0 Å². The van der Waals surface area contributed by atoms with E-state index in [0.29, 0.717) is 17.6 Å². The van der Waals surface area contributed by atoms with Gasteiger partial charge in [-0.15, -0.1) is 0 Å². The van der Waals surface area contributed by atoms with Crippen molar-refractivity contribution < 1.29 is 0 Å². The van der Waals surface area contributed by atoms with Crippen LogP contribution in [0, 0.1) is 0 Å². The number of nitrogen functional groups attached to an aromatic ring is 3. The minimum atomic E-state index is 0.442. The van der Waals surface area contributed by atoms with E-state index in [1.54, 1.807) is 12.3 Å². The van der Waals surface area contributed by atoms with Crippen LogP contribution in [-0.4, -0.2) is 9.97 Å². The molecule has 2 aromatic heterocycles. The minimum absolute atomic E-state index is 0.442. The first kappa shape index (κ1) is 13.7. The highest BCUT2D eigenvalue weighted by Gasteiger charge is 2.23. The molecule has 5 nitrogen and oxygen atoms in total. The Hall–Kier alpha value is -2.30. The molecule has 0 saturated heterocycles. The van der Waals surface area contributed by atoms with Crippen molar-refractivity contribution in [3.05, 3.63) is 30.0 Å². The van der Waals surface area contributed by atoms with Crippen molar-refractivity contribution in [2.75, 3.05) is 17.2 Å². The molecule has 0 bridgehead atoms. The Kier molecular flexibility index (Phi) is 3.64. The van der Waals surface area contributed by atoms with Crippen molar-refractivity contribution in [2.45, 2.75) is 38.0 Å². The van der Waals surface area contributed by atoms with E-state index in [2.05, 4.69) is 9.97 Å². The quantitative estimate of drug-likeness (QED) is 0.786. The largest absolute Gasteiger partial charge is 0.398 e. The Morgan fingerprint density at radius 3 is 2.43 bits per heavy atom. The Balaban J connectivity index is 2.13. The number of pyridine rings is 2. The normalized spacial score (nSPS) is 16.0. The molecule has 0 radical (unpaired) electrons. The lowest BCUT2D eigenvalue weighted by molar-refractivity contribution is 0.444. The zero-order valence-corrected chi connectivity index (χ0v) is 12.0. The van der Waals surface area contributed by atoms with Crippen LogP contribution in [0.15, 0.2) is 24.4 Å². The van der Waals surface area contributed by atoms with Crippen molar-refractivity contribution in [3.8, 4) is 11.3 Å². The molecule has 6 N–H and O–H groups in total. The second-order valence-corrected chi connectivity index (χ2v) is 5.70. The van der Waals surface area contributed by atoms with E-state index in [0.717, 1.165) is 35.3 Å². The van der Waals surface area contributed by atoms with Gasteiger partial charge in [-0.3, -0.25) is 0 Å². The van der Waals surface area contributed by atoms with Crippen molar-refractivity contribution in [1.29, 1.82) is 0 Å². The first-order valence-electron chi connectivity index (χ1n) is 7.43. The third-order valence-corrected chi connectivity index (χ3v) is 4.18. The molecule has 1 aliphatic rings. The van der Waals surface area contributed by atoms with E-state index in [1.165, 1.54) is 19.3 Å². The number of hydrogen-bond acceptors (Lipinski definition) is 5. The predicted molar refractivity (Wildman–Crippen MR) is 86.5 cm³/mol. The molecule has 110 valence electrons. The molecule has 0 aromatic carbocycles. The van der Waals surface area contributed by atoms with Crippen molar-refractivity contribution in [2.24, 2.45) is 0 Å². The Morgan fingerprint density at radius 2 is 1.71 bits per heavy atom. The molecule has 3 rings (SSSR count). The molecule has 1 fully saturated rings. The zero-order valence-electron chi connectivity index (χ0n) is 12.0. The number of aromatic nitrogens is 2. The highest BCUT2D eigenvalue weighted by molar-refractivity contribution is 5.74. The smallest absolute Gasteiger partial charge is 0.126 e. The number of nitrogens with two attached hydrogens (primary N) is 3. The van der Waals surface area contributed by atoms with Crippen LogP contribution in [0.3, 0.4) is 0 Å². The van der Waals surface area contributed by atoms with Crippen LogP contribution in [0.1, 0.15) is 43.6 Å². The van der Waals surface area contributed by atoms with Crippen LogP contribution in [0.4, 0.5) is 17.3 Å². The van der Waals surface area contributed by atoms with Crippen LogP contribution < -0.4 is 17.2 Å². The SMILES string of the molecule is Nc1cc(-c2nc(N)cc(N)c2C2CCCCC2)ccn1. The molecule has 1 saturated carbocycles. The monoisotopic (exact) mass is 283 g/mol. The maximum absolute atomic E-state index is 6.26. The fraction of sp³-hybridized carbons (Fsp3) is 0.375. The Bertz CT molecular complexity index is 647. The van der Waals surface area contributed by atoms with E-state index in [4.69, 9.17) is 17.2 Å². The van der Waals surface area contributed by atoms with Crippen molar-refractivity contribution in [3.63, 3.8) is 0 Å². The summed E-state index contributed by atoms with van der Waals surface area (Å²) < 4.78 is 0. The van der Waals surface area contributed by atoms with Gasteiger partial charge in [0.1, 0.15) is 11.6 Å². The third-order valence-electron chi connectivity index (χ3n) is 4.18.